The van der Waals surface area contributed by atoms with Crippen molar-refractivity contribution in [3.63, 3.8) is 0 Å². The maximum Gasteiger partial charge on any atom is 0.306 e. The lowest BCUT2D eigenvalue weighted by Crippen LogP contribution is -2.14. The lowest BCUT2D eigenvalue weighted by atomic mass is 9.92. The van der Waals surface area contributed by atoms with E-state index in [4.69, 9.17) is 9.15 Å². The molecule has 0 amide bonds. The van der Waals surface area contributed by atoms with E-state index in [1.54, 1.807) is 12.1 Å². The van der Waals surface area contributed by atoms with Crippen LogP contribution in [0.15, 0.2) is 74.8 Å². The van der Waals surface area contributed by atoms with E-state index in [2.05, 4.69) is 0 Å². The first-order chi connectivity index (χ1) is 14.0. The summed E-state index contributed by atoms with van der Waals surface area (Å²) in [5.41, 5.74) is 0.0167. The molecule has 0 bridgehead atoms. The third-order valence-electron chi connectivity index (χ3n) is 4.33. The summed E-state index contributed by atoms with van der Waals surface area (Å²) in [6.45, 7) is 0. The summed E-state index contributed by atoms with van der Waals surface area (Å²) in [6.07, 6.45) is -0.132. The molecule has 0 saturated heterocycles. The van der Waals surface area contributed by atoms with Crippen LogP contribution < -0.4 is 5.43 Å². The summed E-state index contributed by atoms with van der Waals surface area (Å²) in [5, 5.41) is 19.9. The van der Waals surface area contributed by atoms with Crippen LogP contribution >= 0.6 is 11.8 Å². The predicted octanol–water partition coefficient (Wildman–Crippen LogP) is 4.04. The standard InChI is InChI=1S/C22H20O6S/c1-27-20(25)12-18(14-7-9-15(23)10-8-14)22-21(26)19(24)11-16(28-22)13-29-17-5-3-2-4-6-17/h2-11,18,23,26H,12-13H2,1H3. The largest absolute Gasteiger partial charge is 0.508 e. The number of thioether (sulfide) groups is 1. The highest BCUT2D eigenvalue weighted by molar-refractivity contribution is 7.98. The van der Waals surface area contributed by atoms with Crippen molar-refractivity contribution in [1.82, 2.24) is 0 Å². The second-order valence-corrected chi connectivity index (χ2v) is 7.36. The van der Waals surface area contributed by atoms with E-state index in [-0.39, 0.29) is 17.9 Å². The summed E-state index contributed by atoms with van der Waals surface area (Å²) in [4.78, 5) is 25.3. The van der Waals surface area contributed by atoms with Crippen LogP contribution in [-0.2, 0) is 15.3 Å². The summed E-state index contributed by atoms with van der Waals surface area (Å²) in [6, 6.07) is 17.0. The van der Waals surface area contributed by atoms with Crippen molar-refractivity contribution < 1.29 is 24.2 Å². The zero-order valence-electron chi connectivity index (χ0n) is 15.7. The number of carbonyl (C=O) groups excluding carboxylic acids is 1. The van der Waals surface area contributed by atoms with Gasteiger partial charge in [-0.3, -0.25) is 9.59 Å². The van der Waals surface area contributed by atoms with Crippen molar-refractivity contribution in [2.75, 3.05) is 7.11 Å². The predicted molar refractivity (Wildman–Crippen MR) is 109 cm³/mol. The smallest absolute Gasteiger partial charge is 0.306 e. The van der Waals surface area contributed by atoms with Gasteiger partial charge in [-0.2, -0.15) is 0 Å². The molecule has 1 unspecified atom stereocenters. The van der Waals surface area contributed by atoms with Gasteiger partial charge in [-0.15, -0.1) is 11.8 Å². The van der Waals surface area contributed by atoms with E-state index in [1.807, 2.05) is 30.3 Å². The van der Waals surface area contributed by atoms with Gasteiger partial charge in [0.15, 0.2) is 5.76 Å². The fraction of sp³-hybridized carbons (Fsp3) is 0.182. The van der Waals surface area contributed by atoms with E-state index in [0.29, 0.717) is 17.1 Å². The molecule has 1 atom stereocenters. The van der Waals surface area contributed by atoms with Crippen LogP contribution in [0.1, 0.15) is 29.4 Å². The number of hydrogen-bond donors (Lipinski definition) is 2. The average Bonchev–Trinajstić information content (AvgIpc) is 2.74. The van der Waals surface area contributed by atoms with Gasteiger partial charge in [0.05, 0.1) is 25.2 Å². The number of benzene rings is 2. The van der Waals surface area contributed by atoms with Crippen LogP contribution in [0.4, 0.5) is 0 Å². The Balaban J connectivity index is 1.97. The molecule has 3 rings (SSSR count). The van der Waals surface area contributed by atoms with Gasteiger partial charge in [0.25, 0.3) is 0 Å². The molecule has 29 heavy (non-hydrogen) atoms. The highest BCUT2D eigenvalue weighted by Crippen LogP contribution is 2.35. The van der Waals surface area contributed by atoms with E-state index in [9.17, 15) is 19.8 Å². The third kappa shape index (κ3) is 5.20. The molecule has 150 valence electrons. The van der Waals surface area contributed by atoms with Crippen LogP contribution in [0.25, 0.3) is 0 Å². The Kier molecular flexibility index (Phi) is 6.61. The first-order valence-electron chi connectivity index (χ1n) is 8.87. The molecular weight excluding hydrogens is 392 g/mol. The normalized spacial score (nSPS) is 11.8. The van der Waals surface area contributed by atoms with Gasteiger partial charge in [0.2, 0.25) is 11.2 Å². The Bertz CT molecular complexity index is 1030. The fourth-order valence-corrected chi connectivity index (χ4v) is 3.65. The topological polar surface area (TPSA) is 97.0 Å². The molecule has 0 saturated carbocycles. The Morgan fingerprint density at radius 1 is 1.10 bits per heavy atom. The van der Waals surface area contributed by atoms with Crippen molar-refractivity contribution in [3.05, 3.63) is 88.0 Å². The zero-order chi connectivity index (χ0) is 20.8. The average molecular weight is 412 g/mol. The van der Waals surface area contributed by atoms with E-state index in [1.165, 1.54) is 37.1 Å². The van der Waals surface area contributed by atoms with Crippen LogP contribution in [0.2, 0.25) is 0 Å². The molecule has 6 nitrogen and oxygen atoms in total. The minimum absolute atomic E-state index is 0.00254. The van der Waals surface area contributed by atoms with Crippen molar-refractivity contribution in [1.29, 1.82) is 0 Å². The second kappa shape index (κ2) is 9.34. The van der Waals surface area contributed by atoms with Crippen LogP contribution in [0, 0.1) is 0 Å². The molecule has 0 aliphatic carbocycles. The number of phenolic OH excluding ortho intramolecular Hbond substituents is 1. The van der Waals surface area contributed by atoms with Gasteiger partial charge < -0.3 is 19.4 Å². The minimum Gasteiger partial charge on any atom is -0.508 e. The maximum absolute atomic E-state index is 12.3. The lowest BCUT2D eigenvalue weighted by Gasteiger charge is -2.17. The first kappa shape index (κ1) is 20.5. The van der Waals surface area contributed by atoms with Crippen LogP contribution in [0.3, 0.4) is 0 Å². The molecule has 0 aliphatic heterocycles. The number of hydrogen-bond acceptors (Lipinski definition) is 7. The zero-order valence-corrected chi connectivity index (χ0v) is 16.5. The Labute approximate surface area is 171 Å². The van der Waals surface area contributed by atoms with Gasteiger partial charge >= 0.3 is 5.97 Å². The molecule has 1 aromatic heterocycles. The van der Waals surface area contributed by atoms with Gasteiger partial charge in [0, 0.05) is 11.0 Å². The number of rotatable bonds is 7. The summed E-state index contributed by atoms with van der Waals surface area (Å²) < 4.78 is 10.6. The fourth-order valence-electron chi connectivity index (χ4n) is 2.85. The SMILES string of the molecule is COC(=O)CC(c1ccc(O)cc1)c1oc(CSc2ccccc2)cc(=O)c1O. The molecule has 0 fully saturated rings. The highest BCUT2D eigenvalue weighted by Gasteiger charge is 2.26. The number of carbonyl (C=O) groups is 1. The van der Waals surface area contributed by atoms with E-state index >= 15 is 0 Å². The number of methoxy groups -OCH3 is 1. The first-order valence-corrected chi connectivity index (χ1v) is 9.86. The Hall–Kier alpha value is -3.19. The summed E-state index contributed by atoms with van der Waals surface area (Å²) in [7, 11) is 1.26. The summed E-state index contributed by atoms with van der Waals surface area (Å²) >= 11 is 1.49. The summed E-state index contributed by atoms with van der Waals surface area (Å²) in [5.74, 6) is -0.980. The Morgan fingerprint density at radius 3 is 2.45 bits per heavy atom. The number of phenols is 1. The monoisotopic (exact) mass is 412 g/mol. The molecule has 2 aromatic carbocycles. The van der Waals surface area contributed by atoms with E-state index in [0.717, 1.165) is 4.90 Å². The van der Waals surface area contributed by atoms with Crippen molar-refractivity contribution >= 4 is 17.7 Å². The van der Waals surface area contributed by atoms with Crippen LogP contribution in [0.5, 0.6) is 11.5 Å². The number of aromatic hydroxyl groups is 2. The van der Waals surface area contributed by atoms with Crippen molar-refractivity contribution in [2.24, 2.45) is 0 Å². The van der Waals surface area contributed by atoms with Gasteiger partial charge in [-0.05, 0) is 29.8 Å². The molecule has 7 heteroatoms. The number of esters is 1. The molecule has 3 aromatic rings. The molecular formula is C22H20O6S. The van der Waals surface area contributed by atoms with Gasteiger partial charge in [-0.25, -0.2) is 0 Å². The lowest BCUT2D eigenvalue weighted by molar-refractivity contribution is -0.140. The Morgan fingerprint density at radius 2 is 1.79 bits per heavy atom. The highest BCUT2D eigenvalue weighted by atomic mass is 32.2. The second-order valence-electron chi connectivity index (χ2n) is 6.32. The maximum atomic E-state index is 12.3. The van der Waals surface area contributed by atoms with E-state index < -0.39 is 23.1 Å². The molecule has 0 aliphatic rings. The molecule has 1 heterocycles. The van der Waals surface area contributed by atoms with Gasteiger partial charge in [-0.1, -0.05) is 30.3 Å². The van der Waals surface area contributed by atoms with Crippen LogP contribution in [-0.4, -0.2) is 23.3 Å². The van der Waals surface area contributed by atoms with Crippen molar-refractivity contribution in [3.8, 4) is 11.5 Å². The minimum atomic E-state index is -0.738. The van der Waals surface area contributed by atoms with Gasteiger partial charge in [0.1, 0.15) is 11.5 Å². The molecule has 0 radical (unpaired) electrons. The quantitative estimate of drug-likeness (QED) is 0.446. The van der Waals surface area contributed by atoms with Crippen molar-refractivity contribution in [2.45, 2.75) is 23.0 Å². The molecule has 0 spiro atoms. The number of ether oxygens (including phenoxy) is 1. The third-order valence-corrected chi connectivity index (χ3v) is 5.37. The molecule has 2 N–H and O–H groups in total.